The van der Waals surface area contributed by atoms with Gasteiger partial charge in [0.1, 0.15) is 11.5 Å². The van der Waals surface area contributed by atoms with E-state index in [0.717, 1.165) is 17.0 Å². The van der Waals surface area contributed by atoms with Crippen LogP contribution in [0.3, 0.4) is 0 Å². The first-order chi connectivity index (χ1) is 11.4. The van der Waals surface area contributed by atoms with Gasteiger partial charge >= 0.3 is 0 Å². The van der Waals surface area contributed by atoms with E-state index in [1.54, 1.807) is 20.3 Å². The molecule has 1 aromatic heterocycles. The van der Waals surface area contributed by atoms with Gasteiger partial charge in [-0.3, -0.25) is 4.68 Å². The summed E-state index contributed by atoms with van der Waals surface area (Å²) in [6, 6.07) is 5.52. The molecular weight excluding hydrogens is 306 g/mol. The van der Waals surface area contributed by atoms with Crippen molar-refractivity contribution in [1.29, 1.82) is 0 Å². The van der Waals surface area contributed by atoms with Crippen molar-refractivity contribution in [2.24, 2.45) is 7.05 Å². The van der Waals surface area contributed by atoms with Crippen molar-refractivity contribution in [3.8, 4) is 11.5 Å². The highest BCUT2D eigenvalue weighted by molar-refractivity contribution is 5.39. The zero-order valence-corrected chi connectivity index (χ0v) is 15.3. The molecule has 24 heavy (non-hydrogen) atoms. The topological polar surface area (TPSA) is 68.5 Å². The molecule has 2 unspecified atom stereocenters. The molecule has 0 saturated heterocycles. The number of nitrogens with zero attached hydrogens (tertiary/aromatic N) is 2. The SMILES string of the molecule is COc1cc(OC)cc(C(O)CNC(C)c2c(C)nn(C)c2C)c1. The number of ether oxygens (including phenoxy) is 2. The van der Waals surface area contributed by atoms with Crippen LogP contribution < -0.4 is 14.8 Å². The van der Waals surface area contributed by atoms with Crippen LogP contribution in [0.5, 0.6) is 11.5 Å². The lowest BCUT2D eigenvalue weighted by Crippen LogP contribution is -2.25. The van der Waals surface area contributed by atoms with Gasteiger partial charge in [-0.15, -0.1) is 0 Å². The van der Waals surface area contributed by atoms with Crippen LogP contribution in [0.15, 0.2) is 18.2 Å². The van der Waals surface area contributed by atoms with E-state index in [2.05, 4.69) is 24.3 Å². The van der Waals surface area contributed by atoms with Gasteiger partial charge in [0, 0.05) is 37.0 Å². The van der Waals surface area contributed by atoms with Gasteiger partial charge in [0.2, 0.25) is 0 Å². The zero-order chi connectivity index (χ0) is 17.9. The van der Waals surface area contributed by atoms with Crippen LogP contribution in [0.4, 0.5) is 0 Å². The average molecular weight is 333 g/mol. The van der Waals surface area contributed by atoms with E-state index in [9.17, 15) is 5.11 Å². The van der Waals surface area contributed by atoms with Gasteiger partial charge in [-0.25, -0.2) is 0 Å². The minimum Gasteiger partial charge on any atom is -0.497 e. The number of aryl methyl sites for hydroxylation is 2. The molecule has 6 nitrogen and oxygen atoms in total. The van der Waals surface area contributed by atoms with E-state index in [1.165, 1.54) is 5.56 Å². The maximum Gasteiger partial charge on any atom is 0.122 e. The standard InChI is InChI=1S/C18H27N3O3/c1-11(18-12(2)20-21(4)13(18)3)19-10-17(22)14-7-15(23-5)9-16(8-14)24-6/h7-9,11,17,19,22H,10H2,1-6H3. The summed E-state index contributed by atoms with van der Waals surface area (Å²) < 4.78 is 12.4. The summed E-state index contributed by atoms with van der Waals surface area (Å²) in [5.74, 6) is 1.32. The maximum atomic E-state index is 10.5. The molecule has 1 heterocycles. The predicted octanol–water partition coefficient (Wildman–Crippen LogP) is 2.44. The molecule has 132 valence electrons. The van der Waals surface area contributed by atoms with E-state index >= 15 is 0 Å². The molecule has 0 aliphatic carbocycles. The summed E-state index contributed by atoms with van der Waals surface area (Å²) in [5.41, 5.74) is 4.07. The molecule has 0 radical (unpaired) electrons. The summed E-state index contributed by atoms with van der Waals surface area (Å²) in [4.78, 5) is 0. The first-order valence-corrected chi connectivity index (χ1v) is 8.01. The van der Waals surface area contributed by atoms with Crippen LogP contribution in [-0.4, -0.2) is 35.7 Å². The number of hydrogen-bond donors (Lipinski definition) is 2. The van der Waals surface area contributed by atoms with Crippen LogP contribution in [-0.2, 0) is 7.05 Å². The Balaban J connectivity index is 2.08. The van der Waals surface area contributed by atoms with Crippen molar-refractivity contribution in [2.45, 2.75) is 32.9 Å². The highest BCUT2D eigenvalue weighted by Crippen LogP contribution is 2.27. The monoisotopic (exact) mass is 333 g/mol. The Morgan fingerprint density at radius 3 is 2.21 bits per heavy atom. The molecule has 0 bridgehead atoms. The lowest BCUT2D eigenvalue weighted by molar-refractivity contribution is 0.170. The lowest BCUT2D eigenvalue weighted by Gasteiger charge is -2.19. The van der Waals surface area contributed by atoms with Gasteiger partial charge in [0.25, 0.3) is 0 Å². The summed E-state index contributed by atoms with van der Waals surface area (Å²) in [7, 11) is 5.13. The smallest absolute Gasteiger partial charge is 0.122 e. The van der Waals surface area contributed by atoms with Crippen molar-refractivity contribution in [2.75, 3.05) is 20.8 Å². The Morgan fingerprint density at radius 2 is 1.75 bits per heavy atom. The van der Waals surface area contributed by atoms with Crippen molar-refractivity contribution >= 4 is 0 Å². The molecule has 0 spiro atoms. The number of aliphatic hydroxyl groups is 1. The fraction of sp³-hybridized carbons (Fsp3) is 0.500. The minimum absolute atomic E-state index is 0.0980. The second-order valence-electron chi connectivity index (χ2n) is 6.00. The van der Waals surface area contributed by atoms with E-state index in [0.29, 0.717) is 18.0 Å². The van der Waals surface area contributed by atoms with Gasteiger partial charge in [-0.2, -0.15) is 5.10 Å². The van der Waals surface area contributed by atoms with E-state index in [4.69, 9.17) is 9.47 Å². The summed E-state index contributed by atoms with van der Waals surface area (Å²) >= 11 is 0. The van der Waals surface area contributed by atoms with Crippen LogP contribution in [0, 0.1) is 13.8 Å². The highest BCUT2D eigenvalue weighted by atomic mass is 16.5. The summed E-state index contributed by atoms with van der Waals surface area (Å²) in [5, 5.41) is 18.3. The molecule has 1 aromatic carbocycles. The fourth-order valence-corrected chi connectivity index (χ4v) is 2.95. The Bertz CT molecular complexity index is 675. The molecule has 0 fully saturated rings. The van der Waals surface area contributed by atoms with Gasteiger partial charge in [-0.1, -0.05) is 0 Å². The third-order valence-electron chi connectivity index (χ3n) is 4.37. The Hall–Kier alpha value is -2.05. The van der Waals surface area contributed by atoms with E-state index in [1.807, 2.05) is 30.8 Å². The first-order valence-electron chi connectivity index (χ1n) is 8.01. The largest absolute Gasteiger partial charge is 0.497 e. The first kappa shape index (κ1) is 18.3. The molecule has 2 atom stereocenters. The quantitative estimate of drug-likeness (QED) is 0.814. The second-order valence-corrected chi connectivity index (χ2v) is 6.00. The van der Waals surface area contributed by atoms with Crippen molar-refractivity contribution in [3.05, 3.63) is 40.7 Å². The average Bonchev–Trinajstić information content (AvgIpc) is 2.84. The Labute approximate surface area is 143 Å². The van der Waals surface area contributed by atoms with Crippen LogP contribution in [0.1, 0.15) is 41.6 Å². The van der Waals surface area contributed by atoms with Crippen molar-refractivity contribution in [1.82, 2.24) is 15.1 Å². The van der Waals surface area contributed by atoms with Crippen LogP contribution in [0.2, 0.25) is 0 Å². The molecule has 2 aromatic rings. The fourth-order valence-electron chi connectivity index (χ4n) is 2.95. The molecule has 0 saturated carbocycles. The lowest BCUT2D eigenvalue weighted by atomic mass is 10.0. The maximum absolute atomic E-state index is 10.5. The van der Waals surface area contributed by atoms with Crippen molar-refractivity contribution in [3.63, 3.8) is 0 Å². The Kier molecular flexibility index (Phi) is 5.85. The number of nitrogens with one attached hydrogen (secondary N) is 1. The number of aromatic nitrogens is 2. The normalized spacial score (nSPS) is 13.6. The van der Waals surface area contributed by atoms with Crippen molar-refractivity contribution < 1.29 is 14.6 Å². The molecule has 6 heteroatoms. The number of hydrogen-bond acceptors (Lipinski definition) is 5. The number of benzene rings is 1. The van der Waals surface area contributed by atoms with Gasteiger partial charge in [-0.05, 0) is 38.5 Å². The zero-order valence-electron chi connectivity index (χ0n) is 15.3. The van der Waals surface area contributed by atoms with E-state index < -0.39 is 6.10 Å². The molecule has 0 aliphatic heterocycles. The summed E-state index contributed by atoms with van der Waals surface area (Å²) in [6.07, 6.45) is -0.659. The van der Waals surface area contributed by atoms with E-state index in [-0.39, 0.29) is 6.04 Å². The van der Waals surface area contributed by atoms with Gasteiger partial charge < -0.3 is 19.9 Å². The highest BCUT2D eigenvalue weighted by Gasteiger charge is 2.18. The Morgan fingerprint density at radius 1 is 1.17 bits per heavy atom. The molecule has 0 aliphatic rings. The van der Waals surface area contributed by atoms with Crippen LogP contribution >= 0.6 is 0 Å². The predicted molar refractivity (Wildman–Crippen MR) is 93.6 cm³/mol. The third-order valence-corrected chi connectivity index (χ3v) is 4.37. The number of aliphatic hydroxyl groups excluding tert-OH is 1. The molecule has 2 N–H and O–H groups in total. The second kappa shape index (κ2) is 7.68. The summed E-state index contributed by atoms with van der Waals surface area (Å²) in [6.45, 7) is 6.56. The molecular formula is C18H27N3O3. The number of methoxy groups -OCH3 is 2. The molecule has 0 amide bonds. The van der Waals surface area contributed by atoms with Gasteiger partial charge in [0.15, 0.2) is 0 Å². The van der Waals surface area contributed by atoms with Gasteiger partial charge in [0.05, 0.1) is 26.0 Å². The minimum atomic E-state index is -0.659. The molecule has 2 rings (SSSR count). The number of rotatable bonds is 7. The van der Waals surface area contributed by atoms with Crippen LogP contribution in [0.25, 0.3) is 0 Å². The third kappa shape index (κ3) is 3.88.